The molecule has 1 aliphatic rings. The molecule has 1 fully saturated rings. The minimum atomic E-state index is -0.901. The standard InChI is InChI=1S/C25H17ClFN3O5/c26-16-5-3-6-19(13-16)30-24(33)20(23(32)29-25(30)34)12-15-4-1-2-7-21(15)35-14-22(31)28-18-10-8-17(27)9-11-18/h1-13H,14H2,(H,28,31)(H,29,32,34)/b20-12+. The lowest BCUT2D eigenvalue weighted by molar-refractivity contribution is -0.122. The van der Waals surface area contributed by atoms with E-state index in [1.54, 1.807) is 36.4 Å². The molecular weight excluding hydrogens is 477 g/mol. The number of anilines is 2. The third-order valence-corrected chi connectivity index (χ3v) is 5.11. The number of hydrogen-bond acceptors (Lipinski definition) is 5. The van der Waals surface area contributed by atoms with Crippen LogP contribution in [0, 0.1) is 5.82 Å². The van der Waals surface area contributed by atoms with Gasteiger partial charge in [-0.25, -0.2) is 14.1 Å². The Kier molecular flexibility index (Phi) is 6.88. The first kappa shape index (κ1) is 23.7. The van der Waals surface area contributed by atoms with Crippen LogP contribution in [0.2, 0.25) is 5.02 Å². The first-order valence-electron chi connectivity index (χ1n) is 10.3. The fourth-order valence-corrected chi connectivity index (χ4v) is 3.45. The van der Waals surface area contributed by atoms with Crippen molar-refractivity contribution < 1.29 is 28.3 Å². The van der Waals surface area contributed by atoms with Crippen LogP contribution in [0.25, 0.3) is 6.08 Å². The fourth-order valence-electron chi connectivity index (χ4n) is 3.27. The van der Waals surface area contributed by atoms with E-state index in [0.717, 1.165) is 4.90 Å². The average molecular weight is 494 g/mol. The highest BCUT2D eigenvalue weighted by molar-refractivity contribution is 6.39. The molecule has 0 radical (unpaired) electrons. The van der Waals surface area contributed by atoms with Crippen LogP contribution in [0.3, 0.4) is 0 Å². The summed E-state index contributed by atoms with van der Waals surface area (Å²) in [5.74, 6) is -2.42. The molecule has 5 amide bonds. The van der Waals surface area contributed by atoms with Gasteiger partial charge in [0.2, 0.25) is 0 Å². The van der Waals surface area contributed by atoms with Gasteiger partial charge in [0.05, 0.1) is 5.69 Å². The Balaban J connectivity index is 1.54. The maximum absolute atomic E-state index is 13.1. The second kappa shape index (κ2) is 10.2. The third-order valence-electron chi connectivity index (χ3n) is 4.87. The van der Waals surface area contributed by atoms with Crippen LogP contribution in [0.1, 0.15) is 5.56 Å². The molecule has 0 saturated carbocycles. The maximum atomic E-state index is 13.1. The molecular formula is C25H17ClFN3O5. The number of carbonyl (C=O) groups excluding carboxylic acids is 4. The fraction of sp³-hybridized carbons (Fsp3) is 0.0400. The van der Waals surface area contributed by atoms with E-state index in [9.17, 15) is 23.6 Å². The summed E-state index contributed by atoms with van der Waals surface area (Å²) in [5, 5.41) is 5.01. The van der Waals surface area contributed by atoms with Crippen molar-refractivity contribution >= 4 is 52.8 Å². The predicted molar refractivity (Wildman–Crippen MR) is 127 cm³/mol. The number of nitrogens with zero attached hydrogens (tertiary/aromatic N) is 1. The Morgan fingerprint density at radius 3 is 2.51 bits per heavy atom. The van der Waals surface area contributed by atoms with E-state index in [2.05, 4.69) is 10.6 Å². The minimum absolute atomic E-state index is 0.195. The van der Waals surface area contributed by atoms with E-state index in [1.807, 2.05) is 0 Å². The molecule has 4 rings (SSSR count). The van der Waals surface area contributed by atoms with E-state index >= 15 is 0 Å². The molecule has 2 N–H and O–H groups in total. The van der Waals surface area contributed by atoms with Gasteiger partial charge < -0.3 is 10.1 Å². The first-order chi connectivity index (χ1) is 16.8. The molecule has 1 saturated heterocycles. The third kappa shape index (κ3) is 5.53. The van der Waals surface area contributed by atoms with Crippen LogP contribution >= 0.6 is 11.6 Å². The second-order valence-electron chi connectivity index (χ2n) is 7.32. The van der Waals surface area contributed by atoms with Gasteiger partial charge in [0, 0.05) is 16.3 Å². The molecule has 35 heavy (non-hydrogen) atoms. The van der Waals surface area contributed by atoms with Crippen LogP contribution < -0.4 is 20.3 Å². The number of amides is 5. The summed E-state index contributed by atoms with van der Waals surface area (Å²) in [4.78, 5) is 50.9. The zero-order valence-corrected chi connectivity index (χ0v) is 18.7. The van der Waals surface area contributed by atoms with Gasteiger partial charge in [0.15, 0.2) is 6.61 Å². The van der Waals surface area contributed by atoms with Crippen LogP contribution in [-0.4, -0.2) is 30.4 Å². The van der Waals surface area contributed by atoms with Crippen molar-refractivity contribution in [2.24, 2.45) is 0 Å². The average Bonchev–Trinajstić information content (AvgIpc) is 2.82. The lowest BCUT2D eigenvalue weighted by Gasteiger charge is -2.26. The smallest absolute Gasteiger partial charge is 0.335 e. The van der Waals surface area contributed by atoms with Crippen molar-refractivity contribution in [3.63, 3.8) is 0 Å². The van der Waals surface area contributed by atoms with Crippen LogP contribution in [0.15, 0.2) is 78.4 Å². The van der Waals surface area contributed by atoms with Gasteiger partial charge in [-0.2, -0.15) is 0 Å². The van der Waals surface area contributed by atoms with Crippen molar-refractivity contribution in [2.45, 2.75) is 0 Å². The minimum Gasteiger partial charge on any atom is -0.483 e. The van der Waals surface area contributed by atoms with Crippen molar-refractivity contribution in [2.75, 3.05) is 16.8 Å². The van der Waals surface area contributed by atoms with Gasteiger partial charge >= 0.3 is 6.03 Å². The van der Waals surface area contributed by atoms with Crippen LogP contribution in [0.4, 0.5) is 20.6 Å². The lowest BCUT2D eigenvalue weighted by Crippen LogP contribution is -2.54. The number of urea groups is 1. The molecule has 0 bridgehead atoms. The molecule has 176 valence electrons. The predicted octanol–water partition coefficient (Wildman–Crippen LogP) is 4.16. The van der Waals surface area contributed by atoms with Gasteiger partial charge in [-0.1, -0.05) is 35.9 Å². The summed E-state index contributed by atoms with van der Waals surface area (Å²) in [6.45, 7) is -0.384. The molecule has 0 unspecified atom stereocenters. The number of hydrogen-bond donors (Lipinski definition) is 2. The summed E-state index contributed by atoms with van der Waals surface area (Å²) in [6.07, 6.45) is 1.27. The SMILES string of the molecule is O=C(COc1ccccc1/C=C1\C(=O)NC(=O)N(c2cccc(Cl)c2)C1=O)Nc1ccc(F)cc1. The Morgan fingerprint density at radius 1 is 1.03 bits per heavy atom. The van der Waals surface area contributed by atoms with Crippen LogP contribution in [-0.2, 0) is 14.4 Å². The zero-order chi connectivity index (χ0) is 24.9. The summed E-state index contributed by atoms with van der Waals surface area (Å²) in [6, 6.07) is 16.9. The number of benzene rings is 3. The molecule has 1 aliphatic heterocycles. The highest BCUT2D eigenvalue weighted by atomic mass is 35.5. The largest absolute Gasteiger partial charge is 0.483 e. The number of rotatable bonds is 6. The van der Waals surface area contributed by atoms with E-state index in [-0.39, 0.29) is 23.6 Å². The Hall–Kier alpha value is -4.50. The molecule has 3 aromatic carbocycles. The Bertz CT molecular complexity index is 1360. The topological polar surface area (TPSA) is 105 Å². The highest BCUT2D eigenvalue weighted by Crippen LogP contribution is 2.27. The quantitative estimate of drug-likeness (QED) is 0.396. The normalized spacial score (nSPS) is 14.6. The van der Waals surface area contributed by atoms with Crippen molar-refractivity contribution in [3.8, 4) is 5.75 Å². The number of imide groups is 2. The summed E-state index contributed by atoms with van der Waals surface area (Å²) in [5.41, 5.74) is 0.614. The second-order valence-corrected chi connectivity index (χ2v) is 7.76. The highest BCUT2D eigenvalue weighted by Gasteiger charge is 2.37. The molecule has 0 atom stereocenters. The number of halogens is 2. The van der Waals surface area contributed by atoms with Gasteiger partial charge in [-0.3, -0.25) is 19.7 Å². The van der Waals surface area contributed by atoms with Gasteiger partial charge in [0.1, 0.15) is 17.1 Å². The van der Waals surface area contributed by atoms with E-state index in [1.165, 1.54) is 42.5 Å². The molecule has 10 heteroatoms. The molecule has 3 aromatic rings. The monoisotopic (exact) mass is 493 g/mol. The molecule has 1 heterocycles. The molecule has 0 spiro atoms. The summed E-state index contributed by atoms with van der Waals surface area (Å²) in [7, 11) is 0. The van der Waals surface area contributed by atoms with Gasteiger partial charge in [0.25, 0.3) is 17.7 Å². The molecule has 0 aromatic heterocycles. The summed E-state index contributed by atoms with van der Waals surface area (Å²) >= 11 is 5.98. The van der Waals surface area contributed by atoms with Crippen molar-refractivity contribution in [1.82, 2.24) is 5.32 Å². The molecule has 8 nitrogen and oxygen atoms in total. The maximum Gasteiger partial charge on any atom is 0.335 e. The summed E-state index contributed by atoms with van der Waals surface area (Å²) < 4.78 is 18.6. The number of para-hydroxylation sites is 1. The lowest BCUT2D eigenvalue weighted by atomic mass is 10.1. The van der Waals surface area contributed by atoms with E-state index in [0.29, 0.717) is 16.3 Å². The Morgan fingerprint density at radius 2 is 1.77 bits per heavy atom. The first-order valence-corrected chi connectivity index (χ1v) is 10.6. The number of barbiturate groups is 1. The number of ether oxygens (including phenoxy) is 1. The van der Waals surface area contributed by atoms with Gasteiger partial charge in [-0.05, 0) is 54.6 Å². The zero-order valence-electron chi connectivity index (χ0n) is 18.0. The van der Waals surface area contributed by atoms with E-state index < -0.39 is 29.6 Å². The van der Waals surface area contributed by atoms with Crippen LogP contribution in [0.5, 0.6) is 5.75 Å². The number of nitrogens with one attached hydrogen (secondary N) is 2. The Labute approximate surface area is 203 Å². The molecule has 0 aliphatic carbocycles. The van der Waals surface area contributed by atoms with E-state index in [4.69, 9.17) is 16.3 Å². The van der Waals surface area contributed by atoms with Crippen molar-refractivity contribution in [1.29, 1.82) is 0 Å². The number of carbonyl (C=O) groups is 4. The van der Waals surface area contributed by atoms with Gasteiger partial charge in [-0.15, -0.1) is 0 Å². The van der Waals surface area contributed by atoms with Crippen molar-refractivity contribution in [3.05, 3.63) is 94.8 Å².